The summed E-state index contributed by atoms with van der Waals surface area (Å²) >= 11 is 0. The molecule has 36 heteroatoms. The van der Waals surface area contributed by atoms with E-state index in [1.54, 1.807) is 0 Å². The van der Waals surface area contributed by atoms with Gasteiger partial charge in [-0.3, -0.25) is 9.59 Å². The van der Waals surface area contributed by atoms with E-state index in [2.05, 4.69) is 10.6 Å². The third kappa shape index (κ3) is 13.9. The van der Waals surface area contributed by atoms with Gasteiger partial charge in [0.15, 0.2) is 31.5 Å². The van der Waals surface area contributed by atoms with Crippen LogP contribution in [0.15, 0.2) is 0 Å². The second-order valence-electron chi connectivity index (χ2n) is 19.7. The lowest BCUT2D eigenvalue weighted by atomic mass is 9.88. The van der Waals surface area contributed by atoms with E-state index in [-0.39, 0.29) is 0 Å². The zero-order chi connectivity index (χ0) is 58.7. The van der Waals surface area contributed by atoms with Crippen molar-refractivity contribution >= 4 is 17.8 Å². The molecular weight excluding hydrogens is 1090 g/mol. The summed E-state index contributed by atoms with van der Waals surface area (Å²) in [7, 11) is 0. The molecule has 6 saturated heterocycles. The van der Waals surface area contributed by atoms with Gasteiger partial charge in [0, 0.05) is 20.3 Å². The predicted molar refractivity (Wildman–Crippen MR) is 240 cm³/mol. The number of carboxylic acid groups (broad SMARTS) is 1. The van der Waals surface area contributed by atoms with E-state index in [1.165, 1.54) is 0 Å². The molecule has 458 valence electrons. The Balaban J connectivity index is 1.23. The van der Waals surface area contributed by atoms with Crippen molar-refractivity contribution in [3.05, 3.63) is 0 Å². The molecule has 0 spiro atoms. The van der Waals surface area contributed by atoms with Crippen molar-refractivity contribution in [2.75, 3.05) is 39.6 Å². The van der Waals surface area contributed by atoms with E-state index < -0.39 is 254 Å². The fourth-order valence-electron chi connectivity index (χ4n) is 10.0. The third-order valence-corrected chi connectivity index (χ3v) is 14.2. The van der Waals surface area contributed by atoms with Gasteiger partial charge in [-0.2, -0.15) is 0 Å². The Labute approximate surface area is 446 Å². The number of carbonyl (C=O) groups excluding carboxylic acids is 2. The van der Waals surface area contributed by atoms with Crippen molar-refractivity contribution in [3.8, 4) is 0 Å². The van der Waals surface area contributed by atoms with Crippen LogP contribution in [-0.2, 0) is 66.5 Å². The highest BCUT2D eigenvalue weighted by molar-refractivity contribution is 5.76. The van der Waals surface area contributed by atoms with Gasteiger partial charge in [0.2, 0.25) is 11.8 Å². The molecule has 0 aromatic heterocycles. The topological polar surface area (TPSA) is 581 Å². The summed E-state index contributed by atoms with van der Waals surface area (Å²) in [5.41, 5.74) is 0. The second kappa shape index (κ2) is 27.7. The van der Waals surface area contributed by atoms with E-state index in [1.807, 2.05) is 0 Å². The van der Waals surface area contributed by atoms with Crippen LogP contribution in [0.4, 0.5) is 0 Å². The lowest BCUT2D eigenvalue weighted by Gasteiger charge is -2.51. The molecule has 0 aromatic carbocycles. The Morgan fingerprint density at radius 1 is 0.494 bits per heavy atom. The maximum absolute atomic E-state index is 13.0. The first-order valence-corrected chi connectivity index (χ1v) is 24.8. The number of aliphatic hydroxyl groups is 19. The van der Waals surface area contributed by atoms with Crippen molar-refractivity contribution < 1.29 is 169 Å². The molecule has 0 unspecified atom stereocenters. The zero-order valence-corrected chi connectivity index (χ0v) is 41.9. The van der Waals surface area contributed by atoms with Crippen LogP contribution in [0, 0.1) is 0 Å². The number of aliphatic carboxylic acids is 1. The standard InChI is InChI=1S/C43H72N2O34/c1-10(52)44-19-12(54)3-43(42(67)68,78-33(19)21(56)13(55)4-46)79-36-24(59)16(7-49)72-41(30(36)65)77-35-23(58)15(6-48)70-39(29(35)64)74-31-18(9-51)73-38(20(25(31)60)45-11(2)53)76-34-22(57)14(5-47)71-40(28(34)63)75-32-17(8-50)69-37(66)27(62)26(32)61/h12-41,46-51,54-66H,3-9H2,1-2H3,(H,44,52)(H,45,53)(H,67,68)/t12-,13+,14+,15+,16+,17+,18+,19+,20+,21+,22-,23-,24-,25+,26+,27+,28+,29+,30+,31+,32+,33+,34-,35-,36-,37+,38-,39-,40-,41-,43-/m0/s1. The normalized spacial score (nSPS) is 47.7. The smallest absolute Gasteiger partial charge is 0.364 e. The molecule has 6 rings (SSSR count). The van der Waals surface area contributed by atoms with Crippen LogP contribution in [0.2, 0.25) is 0 Å². The molecule has 6 aliphatic rings. The van der Waals surface area contributed by atoms with Crippen molar-refractivity contribution in [1.82, 2.24) is 10.6 Å². The quantitative estimate of drug-likeness (QED) is 0.0507. The van der Waals surface area contributed by atoms with Gasteiger partial charge in [-0.1, -0.05) is 0 Å². The molecule has 31 atom stereocenters. The second-order valence-corrected chi connectivity index (χ2v) is 19.7. The summed E-state index contributed by atoms with van der Waals surface area (Å²) in [4.78, 5) is 37.6. The summed E-state index contributed by atoms with van der Waals surface area (Å²) in [6.45, 7) is -4.48. The van der Waals surface area contributed by atoms with Crippen molar-refractivity contribution in [3.63, 3.8) is 0 Å². The van der Waals surface area contributed by atoms with E-state index in [9.17, 15) is 117 Å². The summed E-state index contributed by atoms with van der Waals surface area (Å²) in [5, 5.41) is 219. The van der Waals surface area contributed by atoms with Crippen molar-refractivity contribution in [1.29, 1.82) is 0 Å². The van der Waals surface area contributed by atoms with Gasteiger partial charge in [-0.25, -0.2) is 4.79 Å². The highest BCUT2D eigenvalue weighted by atomic mass is 16.8. The Hall–Kier alpha value is -2.79. The molecule has 6 fully saturated rings. The molecule has 6 heterocycles. The van der Waals surface area contributed by atoms with E-state index in [0.717, 1.165) is 13.8 Å². The maximum atomic E-state index is 13.0. The average Bonchev–Trinajstić information content (AvgIpc) is 3.50. The fourth-order valence-corrected chi connectivity index (χ4v) is 10.0. The van der Waals surface area contributed by atoms with Gasteiger partial charge in [0.1, 0.15) is 140 Å². The lowest BCUT2D eigenvalue weighted by Crippen LogP contribution is -2.71. The SMILES string of the molecule is CC(=O)N[C@H]1[C@H](O[C@H]2[C@@H](O)[C@@H](CO)O[C@@H](O[C@H]3[C@H](O)[C@@H](O)[C@H](O)O[C@@H]3CO)[C@@H]2O)O[C@H](CO)[C@@H](O[C@@H]2O[C@H](CO)[C@H](O)[C@H](O[C@@H]3O[C@H](CO)[C@H](O)[C@H](O[C@]4(C(=O)O)C[C@H](O)[C@@H](NC(C)=O)[C@H]([C@H](O)[C@H](O)CO)O4)[C@H]3O)[C@H]2O)[C@@H]1O. The average molecular weight is 1160 g/mol. The first kappa shape index (κ1) is 65.4. The largest absolute Gasteiger partial charge is 0.477 e. The Morgan fingerprint density at radius 3 is 1.33 bits per heavy atom. The van der Waals surface area contributed by atoms with Gasteiger partial charge >= 0.3 is 5.97 Å². The zero-order valence-electron chi connectivity index (χ0n) is 41.9. The fraction of sp³-hybridized carbons (Fsp3) is 0.930. The van der Waals surface area contributed by atoms with Gasteiger partial charge in [0.25, 0.3) is 5.79 Å². The Morgan fingerprint density at radius 2 is 0.886 bits per heavy atom. The van der Waals surface area contributed by atoms with E-state index in [4.69, 9.17) is 52.1 Å². The number of aliphatic hydroxyl groups excluding tert-OH is 19. The van der Waals surface area contributed by atoms with Crippen LogP contribution >= 0.6 is 0 Å². The van der Waals surface area contributed by atoms with Gasteiger partial charge in [0.05, 0.1) is 51.8 Å². The summed E-state index contributed by atoms with van der Waals surface area (Å²) in [6, 6.07) is -3.52. The molecule has 2 amide bonds. The molecule has 0 aromatic rings. The lowest BCUT2D eigenvalue weighted by molar-refractivity contribution is -0.395. The molecule has 0 aliphatic carbocycles. The van der Waals surface area contributed by atoms with Gasteiger partial charge in [-0.05, 0) is 0 Å². The number of carbonyl (C=O) groups is 3. The van der Waals surface area contributed by atoms with Crippen molar-refractivity contribution in [2.45, 2.75) is 210 Å². The molecule has 22 N–H and O–H groups in total. The summed E-state index contributed by atoms with van der Waals surface area (Å²) in [5.74, 6) is -7.04. The number of amides is 2. The van der Waals surface area contributed by atoms with E-state index >= 15 is 0 Å². The Kier molecular flexibility index (Phi) is 22.9. The number of nitrogens with one attached hydrogen (secondary N) is 2. The number of carboxylic acids is 1. The van der Waals surface area contributed by atoms with Crippen LogP contribution in [0.3, 0.4) is 0 Å². The van der Waals surface area contributed by atoms with Crippen molar-refractivity contribution in [2.24, 2.45) is 0 Å². The van der Waals surface area contributed by atoms with Gasteiger partial charge in [-0.15, -0.1) is 0 Å². The first-order valence-electron chi connectivity index (χ1n) is 24.8. The van der Waals surface area contributed by atoms with Crippen LogP contribution in [0.1, 0.15) is 20.3 Å². The summed E-state index contributed by atoms with van der Waals surface area (Å²) in [6.07, 6.45) is -58.5. The monoisotopic (exact) mass is 1160 g/mol. The first-order chi connectivity index (χ1) is 37.2. The highest BCUT2D eigenvalue weighted by Crippen LogP contribution is 2.40. The van der Waals surface area contributed by atoms with Crippen LogP contribution < -0.4 is 10.6 Å². The number of ether oxygens (including phenoxy) is 11. The predicted octanol–water partition coefficient (Wildman–Crippen LogP) is -14.6. The maximum Gasteiger partial charge on any atom is 0.364 e. The molecule has 0 radical (unpaired) electrons. The molecule has 0 saturated carbocycles. The van der Waals surface area contributed by atoms with Crippen LogP contribution in [0.25, 0.3) is 0 Å². The molecule has 0 bridgehead atoms. The van der Waals surface area contributed by atoms with E-state index in [0.29, 0.717) is 0 Å². The third-order valence-electron chi connectivity index (χ3n) is 14.2. The van der Waals surface area contributed by atoms with Crippen LogP contribution in [0.5, 0.6) is 0 Å². The molecule has 36 nitrogen and oxygen atoms in total. The molecule has 79 heavy (non-hydrogen) atoms. The van der Waals surface area contributed by atoms with Crippen LogP contribution in [-0.4, -0.2) is 349 Å². The van der Waals surface area contributed by atoms with Gasteiger partial charge < -0.3 is 165 Å². The molecule has 6 aliphatic heterocycles. The minimum Gasteiger partial charge on any atom is -0.477 e. The molecular formula is C43H72N2O34. The minimum atomic E-state index is -3.21. The summed E-state index contributed by atoms with van der Waals surface area (Å²) < 4.78 is 62.0. The Bertz CT molecular complexity index is 1970. The number of hydrogen-bond acceptors (Lipinski definition) is 33. The number of hydrogen-bond donors (Lipinski definition) is 22. The highest BCUT2D eigenvalue weighted by Gasteiger charge is 2.61. The minimum absolute atomic E-state index is 0.832. The number of rotatable bonds is 21.